The van der Waals surface area contributed by atoms with Gasteiger partial charge in [0.1, 0.15) is 0 Å². The Labute approximate surface area is 115 Å². The molecule has 0 unspecified atom stereocenters. The highest BCUT2D eigenvalue weighted by Gasteiger charge is 1.95. The Morgan fingerprint density at radius 2 is 1.22 bits per heavy atom. The van der Waals surface area contributed by atoms with Gasteiger partial charge in [0.05, 0.1) is 0 Å². The molecular formula is C14H35N3O. The van der Waals surface area contributed by atoms with Gasteiger partial charge in [-0.3, -0.25) is 4.79 Å². The fourth-order valence-electron chi connectivity index (χ4n) is 0.763. The van der Waals surface area contributed by atoms with Crippen LogP contribution in [0.2, 0.25) is 0 Å². The van der Waals surface area contributed by atoms with E-state index in [4.69, 9.17) is 0 Å². The molecule has 0 aliphatic heterocycles. The van der Waals surface area contributed by atoms with Crippen molar-refractivity contribution in [2.24, 2.45) is 0 Å². The Bertz CT molecular complexity index is 168. The van der Waals surface area contributed by atoms with E-state index in [0.29, 0.717) is 6.42 Å². The van der Waals surface area contributed by atoms with Gasteiger partial charge < -0.3 is 14.7 Å². The average molecular weight is 261 g/mol. The van der Waals surface area contributed by atoms with Crippen molar-refractivity contribution in [2.45, 2.75) is 33.6 Å². The largest absolute Gasteiger partial charge is 0.349 e. The molecule has 0 aromatic carbocycles. The number of rotatable bonds is 4. The highest BCUT2D eigenvalue weighted by molar-refractivity contribution is 5.75. The zero-order valence-corrected chi connectivity index (χ0v) is 14.1. The molecule has 18 heavy (non-hydrogen) atoms. The Morgan fingerprint density at radius 1 is 0.833 bits per heavy atom. The lowest BCUT2D eigenvalue weighted by Crippen LogP contribution is -2.19. The van der Waals surface area contributed by atoms with E-state index in [-0.39, 0.29) is 5.91 Å². The van der Waals surface area contributed by atoms with E-state index in [0.717, 1.165) is 6.54 Å². The summed E-state index contributed by atoms with van der Waals surface area (Å²) < 4.78 is 0. The van der Waals surface area contributed by atoms with Crippen LogP contribution in [0.4, 0.5) is 0 Å². The van der Waals surface area contributed by atoms with Gasteiger partial charge >= 0.3 is 0 Å². The lowest BCUT2D eigenvalue weighted by atomic mass is 10.4. The third kappa shape index (κ3) is 29.5. The van der Waals surface area contributed by atoms with E-state index in [9.17, 15) is 4.79 Å². The Kier molecular flexibility index (Phi) is 20.5. The number of nitrogens with zero attached hydrogens (tertiary/aromatic N) is 3. The van der Waals surface area contributed by atoms with Gasteiger partial charge in [-0.2, -0.15) is 0 Å². The van der Waals surface area contributed by atoms with Gasteiger partial charge in [-0.1, -0.05) is 20.8 Å². The van der Waals surface area contributed by atoms with Crippen LogP contribution in [-0.2, 0) is 4.79 Å². The van der Waals surface area contributed by atoms with Gasteiger partial charge in [-0.15, -0.1) is 0 Å². The van der Waals surface area contributed by atoms with Crippen LogP contribution >= 0.6 is 0 Å². The smallest absolute Gasteiger partial charge is 0.221 e. The molecule has 0 atom stereocenters. The maximum atomic E-state index is 10.4. The molecular weight excluding hydrogens is 226 g/mol. The quantitative estimate of drug-likeness (QED) is 0.774. The fourth-order valence-corrected chi connectivity index (χ4v) is 0.763. The van der Waals surface area contributed by atoms with E-state index < -0.39 is 0 Å². The van der Waals surface area contributed by atoms with E-state index in [1.165, 1.54) is 13.0 Å². The zero-order chi connectivity index (χ0) is 15.1. The monoisotopic (exact) mass is 261 g/mol. The summed E-state index contributed by atoms with van der Waals surface area (Å²) in [5.41, 5.74) is 0. The fraction of sp³-hybridized carbons (Fsp3) is 0.929. The lowest BCUT2D eigenvalue weighted by Gasteiger charge is -2.05. The van der Waals surface area contributed by atoms with Crippen molar-refractivity contribution in [2.75, 3.05) is 55.4 Å². The van der Waals surface area contributed by atoms with Crippen molar-refractivity contribution in [3.63, 3.8) is 0 Å². The molecule has 0 saturated heterocycles. The maximum absolute atomic E-state index is 10.4. The summed E-state index contributed by atoms with van der Waals surface area (Å²) in [6.07, 6.45) is 1.86. The summed E-state index contributed by atoms with van der Waals surface area (Å²) in [6, 6.07) is 0. The number of hydrogen-bond acceptors (Lipinski definition) is 3. The Hall–Kier alpha value is -0.610. The van der Waals surface area contributed by atoms with Gasteiger partial charge in [-0.05, 0) is 47.7 Å². The third-order valence-electron chi connectivity index (χ3n) is 2.10. The molecule has 0 heterocycles. The zero-order valence-electron chi connectivity index (χ0n) is 14.1. The van der Waals surface area contributed by atoms with Gasteiger partial charge in [0, 0.05) is 20.5 Å². The van der Waals surface area contributed by atoms with Crippen LogP contribution in [0.25, 0.3) is 0 Å². The molecule has 0 aliphatic carbocycles. The van der Waals surface area contributed by atoms with Gasteiger partial charge in [0.25, 0.3) is 0 Å². The van der Waals surface area contributed by atoms with Crippen molar-refractivity contribution in [1.29, 1.82) is 0 Å². The molecule has 4 heteroatoms. The summed E-state index contributed by atoms with van der Waals surface area (Å²) in [5, 5.41) is 0. The molecule has 0 saturated carbocycles. The third-order valence-corrected chi connectivity index (χ3v) is 2.10. The van der Waals surface area contributed by atoms with E-state index in [1.54, 1.807) is 19.0 Å². The minimum atomic E-state index is 0.181. The number of carbonyl (C=O) groups excluding carboxylic acids is 1. The number of hydrogen-bond donors (Lipinski definition) is 0. The second-order valence-corrected chi connectivity index (χ2v) is 4.84. The van der Waals surface area contributed by atoms with Gasteiger partial charge in [-0.25, -0.2) is 0 Å². The van der Waals surface area contributed by atoms with Crippen LogP contribution in [-0.4, -0.2) is 76.0 Å². The summed E-state index contributed by atoms with van der Waals surface area (Å²) in [6.45, 7) is 8.50. The minimum Gasteiger partial charge on any atom is -0.349 e. The maximum Gasteiger partial charge on any atom is 0.221 e. The molecule has 112 valence electrons. The van der Waals surface area contributed by atoms with Crippen LogP contribution in [0.1, 0.15) is 33.6 Å². The van der Waals surface area contributed by atoms with Crippen LogP contribution in [0, 0.1) is 0 Å². The van der Waals surface area contributed by atoms with Crippen LogP contribution in [0.3, 0.4) is 0 Å². The summed E-state index contributed by atoms with van der Waals surface area (Å²) >= 11 is 0. The molecule has 4 nitrogen and oxygen atoms in total. The Morgan fingerprint density at radius 3 is 1.22 bits per heavy atom. The first-order valence-corrected chi connectivity index (χ1v) is 6.72. The van der Waals surface area contributed by atoms with E-state index in [1.807, 2.05) is 6.92 Å². The molecule has 0 rings (SSSR count). The molecule has 0 spiro atoms. The SMILES string of the molecule is CCC(=O)N(C)C.CCCN(C)C.CCN(C)C. The average Bonchev–Trinajstić information content (AvgIpc) is 2.29. The van der Waals surface area contributed by atoms with Gasteiger partial charge in [0.2, 0.25) is 5.91 Å². The summed E-state index contributed by atoms with van der Waals surface area (Å²) in [4.78, 5) is 16.3. The van der Waals surface area contributed by atoms with Crippen LogP contribution in [0.5, 0.6) is 0 Å². The standard InChI is InChI=1S/C5H11NO.C5H13N.C4H11N/c1-4-5(7)6(2)3;1-4-5-6(2)3;1-4-5(2)3/h4H2,1-3H3;4-5H2,1-3H3;4H2,1-3H3. The lowest BCUT2D eigenvalue weighted by molar-refractivity contribution is -0.128. The molecule has 0 bridgehead atoms. The second-order valence-electron chi connectivity index (χ2n) is 4.84. The van der Waals surface area contributed by atoms with Crippen molar-refractivity contribution < 1.29 is 4.79 Å². The van der Waals surface area contributed by atoms with Gasteiger partial charge in [0.15, 0.2) is 0 Å². The molecule has 0 N–H and O–H groups in total. The molecule has 0 aliphatic rings. The first-order chi connectivity index (χ1) is 8.22. The predicted octanol–water partition coefficient (Wildman–Crippen LogP) is 2.01. The Balaban J connectivity index is -0.000000190. The topological polar surface area (TPSA) is 26.8 Å². The highest BCUT2D eigenvalue weighted by Crippen LogP contribution is 1.81. The number of amides is 1. The second kappa shape index (κ2) is 16.4. The first kappa shape index (κ1) is 22.6. The van der Waals surface area contributed by atoms with E-state index >= 15 is 0 Å². The summed E-state index contributed by atoms with van der Waals surface area (Å²) in [7, 11) is 11.8. The minimum absolute atomic E-state index is 0.181. The van der Waals surface area contributed by atoms with Crippen molar-refractivity contribution >= 4 is 5.91 Å². The van der Waals surface area contributed by atoms with Crippen LogP contribution < -0.4 is 0 Å². The molecule has 0 fully saturated rings. The molecule has 0 aromatic rings. The van der Waals surface area contributed by atoms with Crippen molar-refractivity contribution in [3.05, 3.63) is 0 Å². The first-order valence-electron chi connectivity index (χ1n) is 6.72. The summed E-state index contributed by atoms with van der Waals surface area (Å²) in [5.74, 6) is 0.181. The van der Waals surface area contributed by atoms with E-state index in [2.05, 4.69) is 51.8 Å². The number of carbonyl (C=O) groups is 1. The van der Waals surface area contributed by atoms with Crippen LogP contribution in [0.15, 0.2) is 0 Å². The molecule has 0 radical (unpaired) electrons. The predicted molar refractivity (Wildman–Crippen MR) is 82.1 cm³/mol. The molecule has 1 amide bonds. The molecule has 0 aromatic heterocycles. The van der Waals surface area contributed by atoms with Crippen molar-refractivity contribution in [1.82, 2.24) is 14.7 Å². The highest BCUT2D eigenvalue weighted by atomic mass is 16.2. The van der Waals surface area contributed by atoms with Crippen molar-refractivity contribution in [3.8, 4) is 0 Å². The normalized spacial score (nSPS) is 9.28.